The molecule has 1 fully saturated rings. The van der Waals surface area contributed by atoms with E-state index in [4.69, 9.17) is 0 Å². The molecule has 0 unspecified atom stereocenters. The molecular formula is C20H21FN4O3. The third-order valence-electron chi connectivity index (χ3n) is 4.65. The smallest absolute Gasteiger partial charge is 0.254 e. The zero-order valence-corrected chi connectivity index (χ0v) is 15.2. The van der Waals surface area contributed by atoms with Crippen LogP contribution >= 0.6 is 0 Å². The number of carbonyl (C=O) groups excluding carboxylic acids is 3. The summed E-state index contributed by atoms with van der Waals surface area (Å²) in [5, 5.41) is 5.22. The van der Waals surface area contributed by atoms with Gasteiger partial charge in [-0.05, 0) is 37.1 Å². The summed E-state index contributed by atoms with van der Waals surface area (Å²) >= 11 is 0. The molecule has 0 aliphatic carbocycles. The number of halogens is 1. The molecule has 7 nitrogen and oxygen atoms in total. The molecule has 0 saturated carbocycles. The Morgan fingerprint density at radius 2 is 1.79 bits per heavy atom. The molecule has 2 aromatic rings. The number of nitrogens with one attached hydrogen (secondary N) is 2. The SMILES string of the molecule is O=C(NCC(=O)N1CCC(C(=O)Nc2ccccn2)CC1)c1ccccc1F. The van der Waals surface area contributed by atoms with Gasteiger partial charge in [-0.25, -0.2) is 9.37 Å². The lowest BCUT2D eigenvalue weighted by Gasteiger charge is -2.31. The second-order valence-electron chi connectivity index (χ2n) is 6.52. The van der Waals surface area contributed by atoms with Gasteiger partial charge in [0.15, 0.2) is 0 Å². The van der Waals surface area contributed by atoms with Crippen molar-refractivity contribution in [3.63, 3.8) is 0 Å². The van der Waals surface area contributed by atoms with Crippen molar-refractivity contribution >= 4 is 23.5 Å². The lowest BCUT2D eigenvalue weighted by molar-refractivity contribution is -0.133. The second kappa shape index (κ2) is 9.07. The van der Waals surface area contributed by atoms with Gasteiger partial charge in [-0.15, -0.1) is 0 Å². The van der Waals surface area contributed by atoms with E-state index in [1.54, 1.807) is 35.4 Å². The monoisotopic (exact) mass is 384 g/mol. The van der Waals surface area contributed by atoms with Gasteiger partial charge >= 0.3 is 0 Å². The van der Waals surface area contributed by atoms with Gasteiger partial charge in [-0.1, -0.05) is 18.2 Å². The molecule has 1 aromatic heterocycles. The molecule has 0 spiro atoms. The summed E-state index contributed by atoms with van der Waals surface area (Å²) in [6, 6.07) is 10.9. The second-order valence-corrected chi connectivity index (χ2v) is 6.52. The molecule has 1 saturated heterocycles. The molecule has 3 amide bonds. The quantitative estimate of drug-likeness (QED) is 0.823. The molecular weight excluding hydrogens is 363 g/mol. The van der Waals surface area contributed by atoms with Gasteiger partial charge in [0.05, 0.1) is 12.1 Å². The molecule has 1 aliphatic rings. The summed E-state index contributed by atoms with van der Waals surface area (Å²) in [4.78, 5) is 42.2. The van der Waals surface area contributed by atoms with E-state index >= 15 is 0 Å². The van der Waals surface area contributed by atoms with Crippen molar-refractivity contribution < 1.29 is 18.8 Å². The topological polar surface area (TPSA) is 91.4 Å². The Hall–Kier alpha value is -3.29. The van der Waals surface area contributed by atoms with Crippen LogP contribution in [0, 0.1) is 11.7 Å². The summed E-state index contributed by atoms with van der Waals surface area (Å²) in [5.74, 6) is -1.32. The molecule has 0 bridgehead atoms. The third-order valence-corrected chi connectivity index (χ3v) is 4.65. The average molecular weight is 384 g/mol. The summed E-state index contributed by atoms with van der Waals surface area (Å²) in [6.45, 7) is 0.640. The van der Waals surface area contributed by atoms with E-state index in [1.165, 1.54) is 18.2 Å². The zero-order valence-electron chi connectivity index (χ0n) is 15.2. The maximum Gasteiger partial charge on any atom is 0.254 e. The van der Waals surface area contributed by atoms with E-state index in [0.29, 0.717) is 31.7 Å². The van der Waals surface area contributed by atoms with Crippen molar-refractivity contribution in [3.8, 4) is 0 Å². The number of pyridine rings is 1. The summed E-state index contributed by atoms with van der Waals surface area (Å²) < 4.78 is 13.6. The van der Waals surface area contributed by atoms with Crippen molar-refractivity contribution in [2.24, 2.45) is 5.92 Å². The van der Waals surface area contributed by atoms with Crippen LogP contribution in [0.1, 0.15) is 23.2 Å². The molecule has 2 heterocycles. The van der Waals surface area contributed by atoms with Crippen LogP contribution in [0.25, 0.3) is 0 Å². The number of aromatic nitrogens is 1. The fraction of sp³-hybridized carbons (Fsp3) is 0.300. The van der Waals surface area contributed by atoms with Gasteiger partial charge in [0.1, 0.15) is 11.6 Å². The highest BCUT2D eigenvalue weighted by Gasteiger charge is 2.27. The number of likely N-dealkylation sites (tertiary alicyclic amines) is 1. The fourth-order valence-corrected chi connectivity index (χ4v) is 3.06. The number of nitrogens with zero attached hydrogens (tertiary/aromatic N) is 2. The summed E-state index contributed by atoms with van der Waals surface area (Å²) in [7, 11) is 0. The van der Waals surface area contributed by atoms with E-state index < -0.39 is 11.7 Å². The maximum atomic E-state index is 13.6. The lowest BCUT2D eigenvalue weighted by atomic mass is 9.96. The normalized spacial score (nSPS) is 14.4. The van der Waals surface area contributed by atoms with Crippen LogP contribution < -0.4 is 10.6 Å². The Kier molecular flexibility index (Phi) is 6.31. The maximum absolute atomic E-state index is 13.6. The molecule has 2 N–H and O–H groups in total. The Morgan fingerprint density at radius 3 is 2.46 bits per heavy atom. The molecule has 0 radical (unpaired) electrons. The van der Waals surface area contributed by atoms with Crippen molar-refractivity contribution in [1.82, 2.24) is 15.2 Å². The highest BCUT2D eigenvalue weighted by Crippen LogP contribution is 2.19. The predicted molar refractivity (Wildman–Crippen MR) is 101 cm³/mol. The van der Waals surface area contributed by atoms with Crippen LogP contribution in [0.5, 0.6) is 0 Å². The van der Waals surface area contributed by atoms with Crippen LogP contribution in [-0.2, 0) is 9.59 Å². The number of hydrogen-bond acceptors (Lipinski definition) is 4. The first-order valence-electron chi connectivity index (χ1n) is 9.07. The minimum atomic E-state index is -0.632. The fourth-order valence-electron chi connectivity index (χ4n) is 3.06. The van der Waals surface area contributed by atoms with Crippen molar-refractivity contribution in [3.05, 3.63) is 60.0 Å². The van der Waals surface area contributed by atoms with E-state index in [2.05, 4.69) is 15.6 Å². The number of anilines is 1. The van der Waals surface area contributed by atoms with Gasteiger partial charge in [0.2, 0.25) is 11.8 Å². The number of piperidine rings is 1. The molecule has 1 aromatic carbocycles. The standard InChI is InChI=1S/C20H21FN4O3/c21-16-6-2-1-5-15(16)20(28)23-13-18(26)25-11-8-14(9-12-25)19(27)24-17-7-3-4-10-22-17/h1-7,10,14H,8-9,11-13H2,(H,23,28)(H,22,24,27). The van der Waals surface area contributed by atoms with Gasteiger partial charge < -0.3 is 15.5 Å². The van der Waals surface area contributed by atoms with Gasteiger partial charge in [-0.2, -0.15) is 0 Å². The van der Waals surface area contributed by atoms with Gasteiger partial charge in [0, 0.05) is 25.2 Å². The first-order chi connectivity index (χ1) is 13.5. The largest absolute Gasteiger partial charge is 0.343 e. The van der Waals surface area contributed by atoms with E-state index in [9.17, 15) is 18.8 Å². The number of benzene rings is 1. The number of carbonyl (C=O) groups is 3. The van der Waals surface area contributed by atoms with Crippen LogP contribution in [0.15, 0.2) is 48.7 Å². The first kappa shape index (κ1) is 19.5. The minimum Gasteiger partial charge on any atom is -0.343 e. The van der Waals surface area contributed by atoms with E-state index in [1.807, 2.05) is 0 Å². The zero-order chi connectivity index (χ0) is 19.9. The Morgan fingerprint density at radius 1 is 1.07 bits per heavy atom. The van der Waals surface area contributed by atoms with Crippen LogP contribution in [0.2, 0.25) is 0 Å². The third kappa shape index (κ3) is 4.91. The van der Waals surface area contributed by atoms with Crippen LogP contribution in [-0.4, -0.2) is 47.2 Å². The Labute approximate surface area is 161 Å². The van der Waals surface area contributed by atoms with Crippen molar-refractivity contribution in [2.75, 3.05) is 25.0 Å². The summed E-state index contributed by atoms with van der Waals surface area (Å²) in [5.41, 5.74) is -0.0970. The highest BCUT2D eigenvalue weighted by atomic mass is 19.1. The lowest BCUT2D eigenvalue weighted by Crippen LogP contribution is -2.45. The van der Waals surface area contributed by atoms with Gasteiger partial charge in [-0.3, -0.25) is 14.4 Å². The van der Waals surface area contributed by atoms with Crippen molar-refractivity contribution in [2.45, 2.75) is 12.8 Å². The highest BCUT2D eigenvalue weighted by molar-refractivity contribution is 5.96. The summed E-state index contributed by atoms with van der Waals surface area (Å²) in [6.07, 6.45) is 2.67. The molecule has 8 heteroatoms. The van der Waals surface area contributed by atoms with Crippen LogP contribution in [0.4, 0.5) is 10.2 Å². The number of amides is 3. The molecule has 28 heavy (non-hydrogen) atoms. The molecule has 146 valence electrons. The van der Waals surface area contributed by atoms with Crippen molar-refractivity contribution in [1.29, 1.82) is 0 Å². The molecule has 1 aliphatic heterocycles. The van der Waals surface area contributed by atoms with E-state index in [0.717, 1.165) is 0 Å². The molecule has 3 rings (SSSR count). The predicted octanol–water partition coefficient (Wildman–Crippen LogP) is 1.83. The number of hydrogen-bond donors (Lipinski definition) is 2. The number of rotatable bonds is 5. The van der Waals surface area contributed by atoms with E-state index in [-0.39, 0.29) is 29.8 Å². The van der Waals surface area contributed by atoms with Gasteiger partial charge in [0.25, 0.3) is 5.91 Å². The van der Waals surface area contributed by atoms with Crippen LogP contribution in [0.3, 0.4) is 0 Å². The first-order valence-corrected chi connectivity index (χ1v) is 9.07. The molecule has 0 atom stereocenters. The Balaban J connectivity index is 1.44. The minimum absolute atomic E-state index is 0.0970. The average Bonchev–Trinajstić information content (AvgIpc) is 2.73. The Bertz CT molecular complexity index is 852.